The Morgan fingerprint density at radius 3 is 2.89 bits per heavy atom. The Bertz CT molecular complexity index is 1050. The van der Waals surface area contributed by atoms with Gasteiger partial charge in [0.2, 0.25) is 0 Å². The molecule has 3 heterocycles. The van der Waals surface area contributed by atoms with Crippen LogP contribution in [0.1, 0.15) is 44.5 Å². The lowest BCUT2D eigenvalue weighted by atomic mass is 9.99. The molecule has 3 unspecified atom stereocenters. The van der Waals surface area contributed by atoms with Crippen molar-refractivity contribution in [3.63, 3.8) is 0 Å². The number of hydrogen-bond donors (Lipinski definition) is 4. The largest absolute Gasteiger partial charge is 0.381 e. The fourth-order valence-corrected chi connectivity index (χ4v) is 4.48. The molecule has 3 atom stereocenters. The van der Waals surface area contributed by atoms with E-state index < -0.39 is 0 Å². The summed E-state index contributed by atoms with van der Waals surface area (Å²) in [5, 5.41) is 6.28. The van der Waals surface area contributed by atoms with Crippen LogP contribution in [0.2, 0.25) is 0 Å². The fraction of sp³-hybridized carbons (Fsp3) is 0.556. The van der Waals surface area contributed by atoms with Crippen molar-refractivity contribution in [2.75, 3.05) is 57.5 Å². The second kappa shape index (κ2) is 14.4. The van der Waals surface area contributed by atoms with E-state index in [4.69, 9.17) is 36.8 Å². The summed E-state index contributed by atoms with van der Waals surface area (Å²) in [6.07, 6.45) is 6.50. The van der Waals surface area contributed by atoms with Crippen LogP contribution >= 0.6 is 0 Å². The molecule has 10 heteroatoms. The van der Waals surface area contributed by atoms with Gasteiger partial charge < -0.3 is 31.2 Å². The number of aromatic nitrogens is 2. The number of nitrogens with zero attached hydrogens (tertiary/aromatic N) is 4. The van der Waals surface area contributed by atoms with Crippen LogP contribution in [-0.4, -0.2) is 79.7 Å². The third kappa shape index (κ3) is 7.25. The average molecular weight is 513 g/mol. The average Bonchev–Trinajstić information content (AvgIpc) is 2.91. The molecule has 0 aromatic carbocycles. The van der Waals surface area contributed by atoms with E-state index in [1.165, 1.54) is 0 Å². The van der Waals surface area contributed by atoms with Crippen LogP contribution in [0.3, 0.4) is 0 Å². The van der Waals surface area contributed by atoms with Crippen LogP contribution in [0.25, 0.3) is 16.6 Å². The van der Waals surface area contributed by atoms with E-state index in [1.54, 1.807) is 11.1 Å². The van der Waals surface area contributed by atoms with Crippen molar-refractivity contribution >= 4 is 22.4 Å². The Morgan fingerprint density at radius 2 is 2.22 bits per heavy atom. The number of fused-ring (bicyclic) bond motifs is 1. The molecule has 10 nitrogen and oxygen atoms in total. The van der Waals surface area contributed by atoms with Gasteiger partial charge in [0.1, 0.15) is 17.0 Å². The molecule has 37 heavy (non-hydrogen) atoms. The first kappa shape index (κ1) is 29.0. The van der Waals surface area contributed by atoms with Gasteiger partial charge in [-0.05, 0) is 44.0 Å². The van der Waals surface area contributed by atoms with Gasteiger partial charge in [-0.25, -0.2) is 9.99 Å². The van der Waals surface area contributed by atoms with Crippen molar-refractivity contribution in [1.29, 1.82) is 0 Å². The normalized spacial score (nSPS) is 18.3. The highest BCUT2D eigenvalue weighted by Crippen LogP contribution is 2.33. The third-order valence-corrected chi connectivity index (χ3v) is 6.70. The molecule has 2 aromatic rings. The molecule has 2 aromatic heterocycles. The maximum atomic E-state index is 6.55. The minimum atomic E-state index is -0.244. The summed E-state index contributed by atoms with van der Waals surface area (Å²) in [5.74, 6) is 7.42. The van der Waals surface area contributed by atoms with E-state index in [1.807, 2.05) is 18.3 Å². The van der Waals surface area contributed by atoms with E-state index in [2.05, 4.69) is 43.6 Å². The van der Waals surface area contributed by atoms with Crippen molar-refractivity contribution in [2.45, 2.75) is 45.3 Å². The van der Waals surface area contributed by atoms with Crippen LogP contribution in [0.5, 0.6) is 0 Å². The highest BCUT2D eigenvalue weighted by atomic mass is 16.5. The molecule has 1 aliphatic rings. The monoisotopic (exact) mass is 512 g/mol. The summed E-state index contributed by atoms with van der Waals surface area (Å²) in [6, 6.07) is 4.30. The van der Waals surface area contributed by atoms with Gasteiger partial charge in [0, 0.05) is 43.8 Å². The first-order valence-electron chi connectivity index (χ1n) is 13.2. The maximum Gasteiger partial charge on any atom is 0.130 e. The summed E-state index contributed by atoms with van der Waals surface area (Å²) in [5.41, 5.74) is 15.3. The molecule has 0 saturated carbocycles. The van der Waals surface area contributed by atoms with E-state index in [0.717, 1.165) is 46.6 Å². The Balaban J connectivity index is 2.16. The SMILES string of the molecule is C=C/C=C(\NC(C)CC)c1nccc2c(C(CN)N(N)CCOCCN)cc(N3CCOCC3C)nc12. The van der Waals surface area contributed by atoms with Crippen molar-refractivity contribution in [2.24, 2.45) is 17.3 Å². The second-order valence-electron chi connectivity index (χ2n) is 9.40. The molecule has 3 rings (SSSR count). The van der Waals surface area contributed by atoms with Gasteiger partial charge in [-0.2, -0.15) is 0 Å². The molecular formula is C27H44N8O2. The Labute approximate surface area is 220 Å². The van der Waals surface area contributed by atoms with E-state index in [-0.39, 0.29) is 18.1 Å². The maximum absolute atomic E-state index is 6.55. The van der Waals surface area contributed by atoms with E-state index >= 15 is 0 Å². The number of hydrazine groups is 1. The Kier molecular flexibility index (Phi) is 11.2. The first-order valence-corrected chi connectivity index (χ1v) is 13.2. The molecule has 1 saturated heterocycles. The number of allylic oxidation sites excluding steroid dienone is 2. The summed E-state index contributed by atoms with van der Waals surface area (Å²) in [6.45, 7) is 14.7. The van der Waals surface area contributed by atoms with Gasteiger partial charge in [0.25, 0.3) is 0 Å². The van der Waals surface area contributed by atoms with Crippen molar-refractivity contribution in [3.8, 4) is 0 Å². The quantitative estimate of drug-likeness (QED) is 0.128. The van der Waals surface area contributed by atoms with Crippen molar-refractivity contribution < 1.29 is 9.47 Å². The molecule has 0 spiro atoms. The van der Waals surface area contributed by atoms with Gasteiger partial charge in [0.05, 0.1) is 44.2 Å². The minimum absolute atomic E-state index is 0.183. The summed E-state index contributed by atoms with van der Waals surface area (Å²) < 4.78 is 11.3. The van der Waals surface area contributed by atoms with Crippen molar-refractivity contribution in [1.82, 2.24) is 20.3 Å². The Hall–Kier alpha value is -2.60. The number of anilines is 1. The lowest BCUT2D eigenvalue weighted by Crippen LogP contribution is -2.44. The predicted molar refractivity (Wildman–Crippen MR) is 151 cm³/mol. The molecule has 0 aliphatic carbocycles. The molecule has 204 valence electrons. The first-order chi connectivity index (χ1) is 17.9. The highest BCUT2D eigenvalue weighted by Gasteiger charge is 2.26. The number of pyridine rings is 2. The topological polar surface area (TPSA) is 141 Å². The predicted octanol–water partition coefficient (Wildman–Crippen LogP) is 1.92. The summed E-state index contributed by atoms with van der Waals surface area (Å²) in [4.78, 5) is 12.2. The molecule has 0 amide bonds. The number of ether oxygens (including phenoxy) is 2. The van der Waals surface area contributed by atoms with Crippen LogP contribution in [0, 0.1) is 0 Å². The number of nitrogens with two attached hydrogens (primary N) is 3. The minimum Gasteiger partial charge on any atom is -0.381 e. The molecule has 0 radical (unpaired) electrons. The number of hydrogen-bond acceptors (Lipinski definition) is 10. The zero-order valence-electron chi connectivity index (χ0n) is 22.5. The number of nitrogens with one attached hydrogen (secondary N) is 1. The molecule has 0 bridgehead atoms. The smallest absolute Gasteiger partial charge is 0.130 e. The van der Waals surface area contributed by atoms with Gasteiger partial charge in [-0.3, -0.25) is 10.8 Å². The van der Waals surface area contributed by atoms with Gasteiger partial charge in [-0.1, -0.05) is 19.6 Å². The van der Waals surface area contributed by atoms with Crippen LogP contribution in [-0.2, 0) is 9.47 Å². The van der Waals surface area contributed by atoms with Gasteiger partial charge >= 0.3 is 0 Å². The summed E-state index contributed by atoms with van der Waals surface area (Å²) in [7, 11) is 0. The lowest BCUT2D eigenvalue weighted by molar-refractivity contribution is 0.0923. The summed E-state index contributed by atoms with van der Waals surface area (Å²) >= 11 is 0. The van der Waals surface area contributed by atoms with Gasteiger partial charge in [-0.15, -0.1) is 0 Å². The number of morpholine rings is 1. The molecule has 7 N–H and O–H groups in total. The standard InChI is InChI=1S/C27H44N8O2/c1-5-7-23(32-19(3)6-2)27-26-21(8-10-31-27)22(24(17-29)35(30)12-15-36-13-9-28)16-25(33-26)34-11-14-37-18-20(34)4/h5,7-8,10,16,19-20,24,32H,1,6,9,11-15,17-18,28-30H2,2-4H3/b23-7-. The molecule has 1 fully saturated rings. The zero-order chi connectivity index (χ0) is 26.8. The number of rotatable bonds is 14. The molecule has 1 aliphatic heterocycles. The fourth-order valence-electron chi connectivity index (χ4n) is 4.48. The van der Waals surface area contributed by atoms with E-state index in [9.17, 15) is 0 Å². The Morgan fingerprint density at radius 1 is 1.41 bits per heavy atom. The zero-order valence-corrected chi connectivity index (χ0v) is 22.5. The van der Waals surface area contributed by atoms with Crippen molar-refractivity contribution in [3.05, 3.63) is 48.3 Å². The molecular weight excluding hydrogens is 468 g/mol. The lowest BCUT2D eigenvalue weighted by Gasteiger charge is -2.35. The highest BCUT2D eigenvalue weighted by molar-refractivity contribution is 5.92. The van der Waals surface area contributed by atoms with Crippen LogP contribution < -0.4 is 27.5 Å². The third-order valence-electron chi connectivity index (χ3n) is 6.70. The second-order valence-corrected chi connectivity index (χ2v) is 9.40. The van der Waals surface area contributed by atoms with Crippen LogP contribution in [0.15, 0.2) is 37.1 Å². The van der Waals surface area contributed by atoms with E-state index in [0.29, 0.717) is 46.1 Å². The van der Waals surface area contributed by atoms with Crippen LogP contribution in [0.4, 0.5) is 5.82 Å². The van der Waals surface area contributed by atoms with Gasteiger partial charge in [0.15, 0.2) is 0 Å².